The van der Waals surface area contributed by atoms with Crippen molar-refractivity contribution in [2.24, 2.45) is 5.92 Å². The molecule has 3 heteroatoms. The maximum absolute atomic E-state index is 5.37. The van der Waals surface area contributed by atoms with Crippen molar-refractivity contribution in [3.63, 3.8) is 0 Å². The number of nitrogens with one attached hydrogen (secondary N) is 1. The van der Waals surface area contributed by atoms with Gasteiger partial charge < -0.3 is 15.0 Å². The summed E-state index contributed by atoms with van der Waals surface area (Å²) in [5, 5.41) is 3.65. The van der Waals surface area contributed by atoms with Crippen molar-refractivity contribution in [1.29, 1.82) is 0 Å². The van der Waals surface area contributed by atoms with Gasteiger partial charge in [0.05, 0.1) is 0 Å². The lowest BCUT2D eigenvalue weighted by atomic mass is 10.0. The van der Waals surface area contributed by atoms with Gasteiger partial charge in [0.2, 0.25) is 0 Å². The van der Waals surface area contributed by atoms with Gasteiger partial charge in [-0.25, -0.2) is 0 Å². The number of rotatable bonds is 7. The van der Waals surface area contributed by atoms with Crippen molar-refractivity contribution >= 4 is 0 Å². The molecule has 1 N–H and O–H groups in total. The van der Waals surface area contributed by atoms with Crippen LogP contribution in [0.2, 0.25) is 0 Å². The van der Waals surface area contributed by atoms with Crippen molar-refractivity contribution in [3.05, 3.63) is 0 Å². The largest absolute Gasteiger partial charge is 0.381 e. The van der Waals surface area contributed by atoms with Crippen LogP contribution >= 0.6 is 0 Å². The van der Waals surface area contributed by atoms with Crippen molar-refractivity contribution in [2.45, 2.75) is 39.7 Å². The minimum absolute atomic E-state index is 0.600. The molecular formula is C13H28N2O. The molecule has 1 rings (SSSR count). The highest BCUT2D eigenvalue weighted by Gasteiger charge is 2.14. The maximum atomic E-state index is 5.37. The summed E-state index contributed by atoms with van der Waals surface area (Å²) in [4.78, 5) is 2.47. The molecule has 1 aliphatic rings. The quantitative estimate of drug-likeness (QED) is 0.718. The number of nitrogens with zero attached hydrogens (tertiary/aromatic N) is 1. The Balaban J connectivity index is 2.10. The maximum Gasteiger partial charge on any atom is 0.0469 e. The van der Waals surface area contributed by atoms with Crippen LogP contribution in [-0.4, -0.2) is 50.3 Å². The highest BCUT2D eigenvalue weighted by Crippen LogP contribution is 2.13. The van der Waals surface area contributed by atoms with Crippen LogP contribution in [0.3, 0.4) is 0 Å². The molecule has 0 bridgehead atoms. The predicted octanol–water partition coefficient (Wildman–Crippen LogP) is 1.73. The smallest absolute Gasteiger partial charge is 0.0469 e. The first-order valence-electron chi connectivity index (χ1n) is 6.79. The monoisotopic (exact) mass is 228 g/mol. The normalized spacial score (nSPS) is 20.2. The molecule has 3 nitrogen and oxygen atoms in total. The molecule has 0 amide bonds. The molecule has 1 unspecified atom stereocenters. The summed E-state index contributed by atoms with van der Waals surface area (Å²) in [6, 6.07) is 0.600. The summed E-state index contributed by atoms with van der Waals surface area (Å²) < 4.78 is 5.37. The number of ether oxygens (including phenoxy) is 1. The van der Waals surface area contributed by atoms with Crippen LogP contribution in [0.1, 0.15) is 33.6 Å². The van der Waals surface area contributed by atoms with Gasteiger partial charge >= 0.3 is 0 Å². The Bertz CT molecular complexity index is 165. The molecule has 1 heterocycles. The summed E-state index contributed by atoms with van der Waals surface area (Å²) in [7, 11) is 0. The molecule has 0 spiro atoms. The zero-order valence-electron chi connectivity index (χ0n) is 11.2. The number of likely N-dealkylation sites (N-methyl/N-ethyl adjacent to an activating group) is 1. The Hall–Kier alpha value is -0.120. The van der Waals surface area contributed by atoms with E-state index in [0.717, 1.165) is 45.3 Å². The van der Waals surface area contributed by atoms with Crippen LogP contribution in [-0.2, 0) is 4.74 Å². The standard InChI is InChI=1S/C13H28N2O/c1-4-15(5-2)11-12(3)14-10-13-6-8-16-9-7-13/h12-14H,4-11H2,1-3H3. The molecule has 0 aromatic heterocycles. The van der Waals surface area contributed by atoms with Gasteiger partial charge in [-0.3, -0.25) is 0 Å². The summed E-state index contributed by atoms with van der Waals surface area (Å²) in [5.74, 6) is 0.827. The van der Waals surface area contributed by atoms with Crippen LogP contribution in [0.15, 0.2) is 0 Å². The van der Waals surface area contributed by atoms with E-state index in [0.29, 0.717) is 6.04 Å². The van der Waals surface area contributed by atoms with E-state index >= 15 is 0 Å². The Morgan fingerprint density at radius 2 is 1.88 bits per heavy atom. The van der Waals surface area contributed by atoms with Gasteiger partial charge in [0.1, 0.15) is 0 Å². The van der Waals surface area contributed by atoms with Gasteiger partial charge in [-0.15, -0.1) is 0 Å². The Morgan fingerprint density at radius 3 is 2.44 bits per heavy atom. The average molecular weight is 228 g/mol. The summed E-state index contributed by atoms with van der Waals surface area (Å²) in [6.45, 7) is 13.3. The number of hydrogen-bond donors (Lipinski definition) is 1. The molecule has 1 atom stereocenters. The third kappa shape index (κ3) is 5.28. The van der Waals surface area contributed by atoms with Crippen molar-refractivity contribution in [3.8, 4) is 0 Å². The topological polar surface area (TPSA) is 24.5 Å². The highest BCUT2D eigenvalue weighted by atomic mass is 16.5. The molecule has 0 radical (unpaired) electrons. The first kappa shape index (κ1) is 13.9. The number of hydrogen-bond acceptors (Lipinski definition) is 3. The second kappa shape index (κ2) is 8.04. The second-order valence-corrected chi connectivity index (χ2v) is 4.85. The first-order chi connectivity index (χ1) is 7.76. The average Bonchev–Trinajstić information content (AvgIpc) is 2.34. The Kier molecular flexibility index (Phi) is 7.01. The molecule has 1 saturated heterocycles. The van der Waals surface area contributed by atoms with E-state index in [2.05, 4.69) is 31.0 Å². The Labute approximate surface area is 101 Å². The highest BCUT2D eigenvalue weighted by molar-refractivity contribution is 4.71. The zero-order chi connectivity index (χ0) is 11.8. The van der Waals surface area contributed by atoms with Gasteiger partial charge in [-0.1, -0.05) is 13.8 Å². The van der Waals surface area contributed by atoms with Crippen molar-refractivity contribution < 1.29 is 4.74 Å². The first-order valence-corrected chi connectivity index (χ1v) is 6.79. The van der Waals surface area contributed by atoms with Crippen molar-refractivity contribution in [1.82, 2.24) is 10.2 Å². The van der Waals surface area contributed by atoms with Crippen molar-refractivity contribution in [2.75, 3.05) is 39.4 Å². The van der Waals surface area contributed by atoms with E-state index in [9.17, 15) is 0 Å². The molecule has 1 aliphatic heterocycles. The second-order valence-electron chi connectivity index (χ2n) is 4.85. The lowest BCUT2D eigenvalue weighted by Gasteiger charge is -2.27. The van der Waals surface area contributed by atoms with E-state index in [1.807, 2.05) is 0 Å². The van der Waals surface area contributed by atoms with Gasteiger partial charge in [0.25, 0.3) is 0 Å². The van der Waals surface area contributed by atoms with E-state index < -0.39 is 0 Å². The molecule has 1 fully saturated rings. The molecule has 16 heavy (non-hydrogen) atoms. The summed E-state index contributed by atoms with van der Waals surface area (Å²) >= 11 is 0. The van der Waals surface area contributed by atoms with E-state index in [1.54, 1.807) is 0 Å². The fourth-order valence-corrected chi connectivity index (χ4v) is 2.25. The van der Waals surface area contributed by atoms with Gasteiger partial charge in [-0.05, 0) is 45.3 Å². The van der Waals surface area contributed by atoms with E-state index in [4.69, 9.17) is 4.74 Å². The third-order valence-electron chi connectivity index (χ3n) is 3.52. The summed E-state index contributed by atoms with van der Waals surface area (Å²) in [5.41, 5.74) is 0. The lowest BCUT2D eigenvalue weighted by Crippen LogP contribution is -2.41. The van der Waals surface area contributed by atoms with Crippen LogP contribution in [0.4, 0.5) is 0 Å². The van der Waals surface area contributed by atoms with Crippen LogP contribution in [0.25, 0.3) is 0 Å². The third-order valence-corrected chi connectivity index (χ3v) is 3.52. The molecule has 96 valence electrons. The minimum atomic E-state index is 0.600. The van der Waals surface area contributed by atoms with Crippen LogP contribution in [0.5, 0.6) is 0 Å². The molecule has 0 aromatic rings. The summed E-state index contributed by atoms with van der Waals surface area (Å²) in [6.07, 6.45) is 2.45. The molecule has 0 saturated carbocycles. The minimum Gasteiger partial charge on any atom is -0.381 e. The van der Waals surface area contributed by atoms with E-state index in [-0.39, 0.29) is 0 Å². The van der Waals surface area contributed by atoms with Gasteiger partial charge in [0.15, 0.2) is 0 Å². The molecular weight excluding hydrogens is 200 g/mol. The van der Waals surface area contributed by atoms with E-state index in [1.165, 1.54) is 12.8 Å². The fourth-order valence-electron chi connectivity index (χ4n) is 2.25. The lowest BCUT2D eigenvalue weighted by molar-refractivity contribution is 0.0652. The predicted molar refractivity (Wildman–Crippen MR) is 68.8 cm³/mol. The molecule has 0 aromatic carbocycles. The SMILES string of the molecule is CCN(CC)CC(C)NCC1CCOCC1. The Morgan fingerprint density at radius 1 is 1.25 bits per heavy atom. The zero-order valence-corrected chi connectivity index (χ0v) is 11.2. The van der Waals surface area contributed by atoms with Crippen LogP contribution in [0, 0.1) is 5.92 Å². The van der Waals surface area contributed by atoms with Gasteiger partial charge in [0, 0.05) is 25.8 Å². The van der Waals surface area contributed by atoms with Gasteiger partial charge in [-0.2, -0.15) is 0 Å². The molecule has 0 aliphatic carbocycles. The van der Waals surface area contributed by atoms with Crippen LogP contribution < -0.4 is 5.32 Å². The fraction of sp³-hybridized carbons (Fsp3) is 1.00.